The summed E-state index contributed by atoms with van der Waals surface area (Å²) in [6, 6.07) is 9.00. The van der Waals surface area contributed by atoms with Crippen molar-refractivity contribution in [3.63, 3.8) is 0 Å². The summed E-state index contributed by atoms with van der Waals surface area (Å²) in [5.74, 6) is -0.349. The van der Waals surface area contributed by atoms with Crippen LogP contribution in [0.15, 0.2) is 41.4 Å². The molecule has 0 amide bonds. The molecule has 0 aliphatic carbocycles. The van der Waals surface area contributed by atoms with E-state index in [1.807, 2.05) is 18.2 Å². The Morgan fingerprint density at radius 1 is 0.973 bits per heavy atom. The predicted molar refractivity (Wildman–Crippen MR) is 135 cm³/mol. The SMILES string of the molecule is C=C(Br)CC(CCC1OC2C3CC1OC1C4OC(CC=O)CCC4OC2C1O3)OC(=O)c1ccccc1. The number of ether oxygens (including phenoxy) is 6. The second-order valence-electron chi connectivity index (χ2n) is 10.7. The molecule has 0 spiro atoms. The van der Waals surface area contributed by atoms with Crippen molar-refractivity contribution in [2.45, 2.75) is 112 Å². The summed E-state index contributed by atoms with van der Waals surface area (Å²) in [6.07, 6.45) is 3.45. The Labute approximate surface area is 225 Å². The molecule has 5 fully saturated rings. The van der Waals surface area contributed by atoms with E-state index in [0.717, 1.165) is 30.0 Å². The molecule has 1 aromatic rings. The second kappa shape index (κ2) is 10.9. The number of hydrogen-bond donors (Lipinski definition) is 0. The number of rotatable bonds is 9. The zero-order valence-corrected chi connectivity index (χ0v) is 22.2. The van der Waals surface area contributed by atoms with Gasteiger partial charge in [-0.3, -0.25) is 0 Å². The van der Waals surface area contributed by atoms with Crippen LogP contribution in [0, 0.1) is 0 Å². The molecule has 3 bridgehead atoms. The number of benzene rings is 1. The van der Waals surface area contributed by atoms with Crippen molar-refractivity contribution < 1.29 is 38.0 Å². The number of aldehydes is 1. The Hall–Kier alpha value is -1.62. The Balaban J connectivity index is 1.14. The van der Waals surface area contributed by atoms with Gasteiger partial charge in [-0.2, -0.15) is 0 Å². The second-order valence-corrected chi connectivity index (χ2v) is 11.8. The normalized spacial score (nSPS) is 40.4. The van der Waals surface area contributed by atoms with Crippen molar-refractivity contribution in [2.75, 3.05) is 0 Å². The molecule has 200 valence electrons. The summed E-state index contributed by atoms with van der Waals surface area (Å²) >= 11 is 3.43. The number of fused-ring (bicyclic) bond motifs is 4. The third-order valence-corrected chi connectivity index (χ3v) is 8.55. The first-order valence-corrected chi connectivity index (χ1v) is 14.1. The molecule has 8 nitrogen and oxygen atoms in total. The van der Waals surface area contributed by atoms with Gasteiger partial charge < -0.3 is 33.2 Å². The Morgan fingerprint density at radius 3 is 2.43 bits per heavy atom. The van der Waals surface area contributed by atoms with Crippen LogP contribution in [-0.2, 0) is 33.2 Å². The first-order valence-electron chi connectivity index (χ1n) is 13.3. The Kier molecular flexibility index (Phi) is 7.53. The Morgan fingerprint density at radius 2 is 1.68 bits per heavy atom. The fourth-order valence-electron chi connectivity index (χ4n) is 6.54. The third kappa shape index (κ3) is 5.18. The van der Waals surface area contributed by atoms with Gasteiger partial charge in [0.15, 0.2) is 0 Å². The van der Waals surface area contributed by atoms with Gasteiger partial charge in [0, 0.05) is 19.3 Å². The van der Waals surface area contributed by atoms with E-state index >= 15 is 0 Å². The van der Waals surface area contributed by atoms with E-state index in [1.54, 1.807) is 12.1 Å². The van der Waals surface area contributed by atoms with Crippen molar-refractivity contribution in [2.24, 2.45) is 0 Å². The number of carbonyl (C=O) groups excluding carboxylic acids is 2. The maximum absolute atomic E-state index is 12.7. The smallest absolute Gasteiger partial charge is 0.338 e. The van der Waals surface area contributed by atoms with Gasteiger partial charge in [-0.25, -0.2) is 4.79 Å². The summed E-state index contributed by atoms with van der Waals surface area (Å²) in [4.78, 5) is 23.8. The predicted octanol–water partition coefficient (Wildman–Crippen LogP) is 3.89. The molecule has 5 heterocycles. The molecule has 0 radical (unpaired) electrons. The molecule has 11 unspecified atom stereocenters. The van der Waals surface area contributed by atoms with Gasteiger partial charge in [-0.15, -0.1) is 0 Å². The summed E-state index contributed by atoms with van der Waals surface area (Å²) in [5, 5.41) is 0. The highest BCUT2D eigenvalue weighted by Gasteiger charge is 2.63. The van der Waals surface area contributed by atoms with Crippen molar-refractivity contribution in [1.29, 1.82) is 0 Å². The van der Waals surface area contributed by atoms with E-state index < -0.39 is 0 Å². The molecule has 11 atom stereocenters. The molecule has 5 aliphatic heterocycles. The molecule has 0 saturated carbocycles. The summed E-state index contributed by atoms with van der Waals surface area (Å²) < 4.78 is 39.1. The summed E-state index contributed by atoms with van der Waals surface area (Å²) in [5.41, 5.74) is 0.522. The van der Waals surface area contributed by atoms with E-state index in [2.05, 4.69) is 22.5 Å². The fraction of sp³-hybridized carbons (Fsp3) is 0.643. The lowest BCUT2D eigenvalue weighted by molar-refractivity contribution is -0.300. The van der Waals surface area contributed by atoms with Gasteiger partial charge in [-0.1, -0.05) is 40.7 Å². The minimum Gasteiger partial charge on any atom is -0.458 e. The molecule has 0 aromatic heterocycles. The van der Waals surface area contributed by atoms with Crippen LogP contribution in [0.5, 0.6) is 0 Å². The lowest BCUT2D eigenvalue weighted by Crippen LogP contribution is -2.66. The topological polar surface area (TPSA) is 89.5 Å². The fourth-order valence-corrected chi connectivity index (χ4v) is 6.90. The Bertz CT molecular complexity index is 1000. The van der Waals surface area contributed by atoms with Crippen molar-refractivity contribution >= 4 is 28.2 Å². The number of carbonyl (C=O) groups is 2. The van der Waals surface area contributed by atoms with Crippen LogP contribution in [0.2, 0.25) is 0 Å². The van der Waals surface area contributed by atoms with E-state index in [0.29, 0.717) is 31.2 Å². The average Bonchev–Trinajstić information content (AvgIpc) is 3.14. The highest BCUT2D eigenvalue weighted by molar-refractivity contribution is 9.11. The standard InChI is InChI=1S/C28H33BrO8/c1-15(29)13-18(33-28(31)16-5-3-2-4-6-16)8-9-19-21-14-22-24(34-19)26-27(37-22)25(36-21)23-20(35-26)10-7-17(32-23)11-12-30/h2-6,12,17-27H,1,7-11,13-14H2. The van der Waals surface area contributed by atoms with Gasteiger partial charge in [0.25, 0.3) is 0 Å². The van der Waals surface area contributed by atoms with E-state index in [-0.39, 0.29) is 73.1 Å². The minimum atomic E-state index is -0.349. The van der Waals surface area contributed by atoms with Crippen LogP contribution >= 0.6 is 15.9 Å². The highest BCUT2D eigenvalue weighted by atomic mass is 79.9. The number of esters is 1. The number of hydrogen-bond acceptors (Lipinski definition) is 8. The van der Waals surface area contributed by atoms with Gasteiger partial charge >= 0.3 is 5.97 Å². The summed E-state index contributed by atoms with van der Waals surface area (Å²) in [6.45, 7) is 3.95. The van der Waals surface area contributed by atoms with Crippen LogP contribution in [0.3, 0.4) is 0 Å². The van der Waals surface area contributed by atoms with Gasteiger partial charge in [0.05, 0.1) is 36.1 Å². The lowest BCUT2D eigenvalue weighted by Gasteiger charge is -2.51. The molecular weight excluding hydrogens is 544 g/mol. The van der Waals surface area contributed by atoms with Gasteiger partial charge in [-0.05, 0) is 42.3 Å². The molecule has 5 aliphatic rings. The van der Waals surface area contributed by atoms with Gasteiger partial charge in [0.2, 0.25) is 0 Å². The molecule has 9 heteroatoms. The largest absolute Gasteiger partial charge is 0.458 e. The van der Waals surface area contributed by atoms with Gasteiger partial charge in [0.1, 0.15) is 42.9 Å². The quantitative estimate of drug-likeness (QED) is 0.323. The minimum absolute atomic E-state index is 0.0683. The monoisotopic (exact) mass is 576 g/mol. The molecule has 0 N–H and O–H groups in total. The molecule has 6 rings (SSSR count). The third-order valence-electron chi connectivity index (χ3n) is 8.22. The van der Waals surface area contributed by atoms with Crippen molar-refractivity contribution in [1.82, 2.24) is 0 Å². The first-order chi connectivity index (χ1) is 18.0. The van der Waals surface area contributed by atoms with Crippen molar-refractivity contribution in [3.8, 4) is 0 Å². The molecular formula is C28H33BrO8. The van der Waals surface area contributed by atoms with Crippen LogP contribution in [0.25, 0.3) is 0 Å². The molecule has 5 saturated heterocycles. The van der Waals surface area contributed by atoms with Crippen LogP contribution < -0.4 is 0 Å². The molecule has 37 heavy (non-hydrogen) atoms. The van der Waals surface area contributed by atoms with Crippen LogP contribution in [0.1, 0.15) is 55.3 Å². The molecule has 1 aromatic carbocycles. The summed E-state index contributed by atoms with van der Waals surface area (Å²) in [7, 11) is 0. The van der Waals surface area contributed by atoms with Crippen molar-refractivity contribution in [3.05, 3.63) is 47.0 Å². The highest BCUT2D eigenvalue weighted by Crippen LogP contribution is 2.48. The average molecular weight is 577 g/mol. The lowest BCUT2D eigenvalue weighted by atomic mass is 9.84. The maximum Gasteiger partial charge on any atom is 0.338 e. The first kappa shape index (κ1) is 25.6. The number of halogens is 1. The van der Waals surface area contributed by atoms with Crippen LogP contribution in [0.4, 0.5) is 0 Å². The zero-order valence-electron chi connectivity index (χ0n) is 20.6. The maximum atomic E-state index is 12.7. The van der Waals surface area contributed by atoms with Crippen LogP contribution in [-0.4, -0.2) is 79.4 Å². The zero-order chi connectivity index (χ0) is 25.5. The van der Waals surface area contributed by atoms with E-state index in [9.17, 15) is 9.59 Å². The van der Waals surface area contributed by atoms with E-state index in [4.69, 9.17) is 28.4 Å². The van der Waals surface area contributed by atoms with E-state index in [1.165, 1.54) is 0 Å².